The van der Waals surface area contributed by atoms with Crippen LogP contribution in [0.4, 0.5) is 11.4 Å². The van der Waals surface area contributed by atoms with Crippen LogP contribution in [0, 0.1) is 0 Å². The maximum atomic E-state index is 12.3. The number of anilines is 2. The van der Waals surface area contributed by atoms with Crippen molar-refractivity contribution >= 4 is 45.0 Å². The molecular weight excluding hydrogens is 386 g/mol. The zero-order chi connectivity index (χ0) is 17.8. The van der Waals surface area contributed by atoms with E-state index in [0.717, 1.165) is 4.47 Å². The summed E-state index contributed by atoms with van der Waals surface area (Å²) in [6, 6.07) is 13.3. The van der Waals surface area contributed by atoms with E-state index in [0.29, 0.717) is 16.9 Å². The van der Waals surface area contributed by atoms with Crippen molar-refractivity contribution in [3.05, 3.63) is 58.6 Å². The number of hydrogen-bond acceptors (Lipinski definition) is 3. The number of rotatable bonds is 4. The normalized spacial score (nSPS) is 16.3. The molecule has 2 aromatic rings. The lowest BCUT2D eigenvalue weighted by molar-refractivity contribution is -0.118. The van der Waals surface area contributed by atoms with Gasteiger partial charge in [0.1, 0.15) is 6.04 Å². The molecular formula is C18H16BrN3O3. The second kappa shape index (κ2) is 7.48. The van der Waals surface area contributed by atoms with Crippen molar-refractivity contribution in [1.82, 2.24) is 5.32 Å². The van der Waals surface area contributed by atoms with Gasteiger partial charge in [0.15, 0.2) is 0 Å². The van der Waals surface area contributed by atoms with Crippen LogP contribution in [0.5, 0.6) is 0 Å². The van der Waals surface area contributed by atoms with E-state index in [9.17, 15) is 14.4 Å². The van der Waals surface area contributed by atoms with Gasteiger partial charge in [0.2, 0.25) is 11.8 Å². The summed E-state index contributed by atoms with van der Waals surface area (Å²) in [4.78, 5) is 36.6. The third-order valence-corrected chi connectivity index (χ3v) is 4.31. The van der Waals surface area contributed by atoms with E-state index in [1.54, 1.807) is 36.4 Å². The summed E-state index contributed by atoms with van der Waals surface area (Å²) in [6.45, 7) is 0. The maximum absolute atomic E-state index is 12.3. The first kappa shape index (κ1) is 17.2. The highest BCUT2D eigenvalue weighted by Crippen LogP contribution is 2.20. The largest absolute Gasteiger partial charge is 0.340 e. The van der Waals surface area contributed by atoms with Gasteiger partial charge >= 0.3 is 0 Å². The standard InChI is InChI=1S/C18H16BrN3O3/c19-11-4-3-5-12(10-11)20-16(23)9-8-15-18(25)21-14-7-2-1-6-13(14)17(24)22-15/h1-7,10,15H,8-9H2,(H,20,23)(H,21,25)(H,22,24). The molecule has 0 spiro atoms. The lowest BCUT2D eigenvalue weighted by Crippen LogP contribution is -2.41. The minimum Gasteiger partial charge on any atom is -0.340 e. The predicted octanol–water partition coefficient (Wildman–Crippen LogP) is 2.92. The minimum atomic E-state index is -0.756. The second-order valence-electron chi connectivity index (χ2n) is 5.66. The topological polar surface area (TPSA) is 87.3 Å². The molecule has 3 amide bonds. The number of para-hydroxylation sites is 1. The quantitative estimate of drug-likeness (QED) is 0.735. The summed E-state index contributed by atoms with van der Waals surface area (Å²) < 4.78 is 0.860. The summed E-state index contributed by atoms with van der Waals surface area (Å²) in [5.74, 6) is -0.873. The van der Waals surface area contributed by atoms with Gasteiger partial charge in [-0.3, -0.25) is 14.4 Å². The summed E-state index contributed by atoms with van der Waals surface area (Å²) >= 11 is 3.34. The van der Waals surface area contributed by atoms with Crippen LogP contribution in [0.25, 0.3) is 0 Å². The van der Waals surface area contributed by atoms with Crippen molar-refractivity contribution in [2.45, 2.75) is 18.9 Å². The van der Waals surface area contributed by atoms with Crippen molar-refractivity contribution in [2.75, 3.05) is 10.6 Å². The molecule has 0 aromatic heterocycles. The molecule has 6 nitrogen and oxygen atoms in total. The molecule has 1 aliphatic rings. The number of amides is 3. The summed E-state index contributed by atoms with van der Waals surface area (Å²) in [6.07, 6.45) is 0.326. The number of fused-ring (bicyclic) bond motifs is 1. The van der Waals surface area contributed by atoms with Gasteiger partial charge in [-0.25, -0.2) is 0 Å². The molecule has 0 saturated heterocycles. The highest BCUT2D eigenvalue weighted by Gasteiger charge is 2.27. The van der Waals surface area contributed by atoms with Gasteiger partial charge in [0.05, 0.1) is 11.3 Å². The first-order valence-electron chi connectivity index (χ1n) is 7.79. The monoisotopic (exact) mass is 401 g/mol. The number of halogens is 1. The number of hydrogen-bond donors (Lipinski definition) is 3. The Balaban J connectivity index is 1.61. The van der Waals surface area contributed by atoms with Crippen molar-refractivity contribution in [2.24, 2.45) is 0 Å². The molecule has 0 radical (unpaired) electrons. The van der Waals surface area contributed by atoms with E-state index >= 15 is 0 Å². The van der Waals surface area contributed by atoms with Gasteiger partial charge in [-0.1, -0.05) is 34.1 Å². The molecule has 3 rings (SSSR count). The molecule has 1 unspecified atom stereocenters. The van der Waals surface area contributed by atoms with Crippen LogP contribution < -0.4 is 16.0 Å². The molecule has 1 heterocycles. The Morgan fingerprint density at radius 3 is 2.72 bits per heavy atom. The van der Waals surface area contributed by atoms with Crippen LogP contribution in [-0.4, -0.2) is 23.8 Å². The van der Waals surface area contributed by atoms with Crippen molar-refractivity contribution < 1.29 is 14.4 Å². The first-order chi connectivity index (χ1) is 12.0. The van der Waals surface area contributed by atoms with Crippen molar-refractivity contribution in [3.63, 3.8) is 0 Å². The summed E-state index contributed by atoms with van der Waals surface area (Å²) in [5, 5.41) is 8.17. The van der Waals surface area contributed by atoms with Gasteiger partial charge in [0, 0.05) is 16.6 Å². The average Bonchev–Trinajstić information content (AvgIpc) is 2.70. The highest BCUT2D eigenvalue weighted by atomic mass is 79.9. The highest BCUT2D eigenvalue weighted by molar-refractivity contribution is 9.10. The van der Waals surface area contributed by atoms with Crippen LogP contribution >= 0.6 is 15.9 Å². The zero-order valence-corrected chi connectivity index (χ0v) is 14.8. The Labute approximate surface area is 153 Å². The maximum Gasteiger partial charge on any atom is 0.254 e. The lowest BCUT2D eigenvalue weighted by Gasteiger charge is -2.14. The number of carbonyl (C=O) groups is 3. The Kier molecular flexibility index (Phi) is 5.14. The van der Waals surface area contributed by atoms with E-state index in [1.807, 2.05) is 12.1 Å². The Hall–Kier alpha value is -2.67. The Morgan fingerprint density at radius 2 is 1.92 bits per heavy atom. The fourth-order valence-electron chi connectivity index (χ4n) is 2.58. The van der Waals surface area contributed by atoms with Crippen LogP contribution in [0.15, 0.2) is 53.0 Å². The molecule has 128 valence electrons. The van der Waals surface area contributed by atoms with Gasteiger partial charge in [-0.15, -0.1) is 0 Å². The van der Waals surface area contributed by atoms with Crippen LogP contribution in [0.2, 0.25) is 0 Å². The molecule has 1 aliphatic heterocycles. The Morgan fingerprint density at radius 1 is 1.12 bits per heavy atom. The SMILES string of the molecule is O=C(CCC1NC(=O)c2ccccc2NC1=O)Nc1cccc(Br)c1. The third-order valence-electron chi connectivity index (χ3n) is 3.82. The van der Waals surface area contributed by atoms with Crippen LogP contribution in [0.1, 0.15) is 23.2 Å². The summed E-state index contributed by atoms with van der Waals surface area (Å²) in [5.41, 5.74) is 1.56. The van der Waals surface area contributed by atoms with Gasteiger partial charge < -0.3 is 16.0 Å². The second-order valence-corrected chi connectivity index (χ2v) is 6.57. The van der Waals surface area contributed by atoms with Gasteiger partial charge in [0.25, 0.3) is 5.91 Å². The molecule has 0 saturated carbocycles. The van der Waals surface area contributed by atoms with Gasteiger partial charge in [-0.2, -0.15) is 0 Å². The fourth-order valence-corrected chi connectivity index (χ4v) is 2.98. The van der Waals surface area contributed by atoms with E-state index in [2.05, 4.69) is 31.9 Å². The minimum absolute atomic E-state index is 0.112. The van der Waals surface area contributed by atoms with E-state index < -0.39 is 6.04 Å². The molecule has 2 aromatic carbocycles. The smallest absolute Gasteiger partial charge is 0.254 e. The molecule has 0 aliphatic carbocycles. The van der Waals surface area contributed by atoms with Crippen molar-refractivity contribution in [1.29, 1.82) is 0 Å². The lowest BCUT2D eigenvalue weighted by atomic mass is 10.1. The molecule has 0 fully saturated rings. The number of benzene rings is 2. The molecule has 7 heteroatoms. The Bertz CT molecular complexity index is 838. The number of carbonyl (C=O) groups excluding carboxylic acids is 3. The van der Waals surface area contributed by atoms with Gasteiger partial charge in [-0.05, 0) is 36.8 Å². The average molecular weight is 402 g/mol. The van der Waals surface area contributed by atoms with E-state index in [4.69, 9.17) is 0 Å². The summed E-state index contributed by atoms with van der Waals surface area (Å²) in [7, 11) is 0. The molecule has 1 atom stereocenters. The predicted molar refractivity (Wildman–Crippen MR) is 98.3 cm³/mol. The molecule has 25 heavy (non-hydrogen) atoms. The van der Waals surface area contributed by atoms with E-state index in [1.165, 1.54) is 0 Å². The van der Waals surface area contributed by atoms with Crippen LogP contribution in [0.3, 0.4) is 0 Å². The van der Waals surface area contributed by atoms with Crippen LogP contribution in [-0.2, 0) is 9.59 Å². The van der Waals surface area contributed by atoms with E-state index in [-0.39, 0.29) is 30.6 Å². The van der Waals surface area contributed by atoms with Crippen molar-refractivity contribution in [3.8, 4) is 0 Å². The third kappa shape index (κ3) is 4.24. The first-order valence-corrected chi connectivity index (χ1v) is 8.58. The fraction of sp³-hybridized carbons (Fsp3) is 0.167. The molecule has 0 bridgehead atoms. The number of nitrogens with one attached hydrogen (secondary N) is 3. The zero-order valence-electron chi connectivity index (χ0n) is 13.2. The molecule has 3 N–H and O–H groups in total.